The van der Waals surface area contributed by atoms with Gasteiger partial charge in [0.15, 0.2) is 5.78 Å². The molecule has 1 atom stereocenters. The van der Waals surface area contributed by atoms with E-state index in [-0.39, 0.29) is 5.82 Å². The Bertz CT molecular complexity index is 764. The summed E-state index contributed by atoms with van der Waals surface area (Å²) in [5.74, 6) is -0.716. The predicted octanol–water partition coefficient (Wildman–Crippen LogP) is 6.15. The van der Waals surface area contributed by atoms with Gasteiger partial charge in [-0.2, -0.15) is 0 Å². The molecule has 0 amide bonds. The highest BCUT2D eigenvalue weighted by Crippen LogP contribution is 2.64. The van der Waals surface area contributed by atoms with Gasteiger partial charge in [0.1, 0.15) is 11.6 Å². The third-order valence-electron chi connectivity index (χ3n) is 3.25. The van der Waals surface area contributed by atoms with Crippen molar-refractivity contribution in [1.82, 2.24) is 4.98 Å². The van der Waals surface area contributed by atoms with Crippen molar-refractivity contribution in [2.75, 3.05) is 5.32 Å². The Morgan fingerprint density at radius 3 is 1.96 bits per heavy atom. The summed E-state index contributed by atoms with van der Waals surface area (Å²) in [5, 5.41) is 3.15. The average Bonchev–Trinajstić information content (AvgIpc) is 2.51. The first kappa shape index (κ1) is 21.5. The van der Waals surface area contributed by atoms with Crippen LogP contribution in [0.5, 0.6) is 0 Å². The van der Waals surface area contributed by atoms with Gasteiger partial charge in [0.05, 0.1) is 11.2 Å². The zero-order chi connectivity index (χ0) is 20.3. The molecule has 0 aliphatic carbocycles. The van der Waals surface area contributed by atoms with E-state index in [0.717, 1.165) is 0 Å². The zero-order valence-electron chi connectivity index (χ0n) is 16.7. The van der Waals surface area contributed by atoms with Gasteiger partial charge in [0, 0.05) is 6.20 Å². The maximum atomic E-state index is 14.0. The minimum atomic E-state index is -3.75. The molecule has 1 N–H and O–H groups in total. The van der Waals surface area contributed by atoms with Crippen molar-refractivity contribution in [2.24, 2.45) is 0 Å². The van der Waals surface area contributed by atoms with Gasteiger partial charge < -0.3 is 14.4 Å². The molecule has 0 fully saturated rings. The number of pyridine rings is 1. The van der Waals surface area contributed by atoms with E-state index in [4.69, 9.17) is 9.05 Å². The normalized spacial score (nSPS) is 14.0. The van der Waals surface area contributed by atoms with Gasteiger partial charge in [-0.3, -0.25) is 4.57 Å². The molecule has 0 saturated heterocycles. The first-order valence-electron chi connectivity index (χ1n) is 8.82. The molecule has 2 aromatic rings. The molecule has 0 aliphatic rings. The zero-order valence-corrected chi connectivity index (χ0v) is 17.6. The lowest BCUT2D eigenvalue weighted by atomic mass is 10.2. The van der Waals surface area contributed by atoms with Crippen LogP contribution in [-0.2, 0) is 13.6 Å². The summed E-state index contributed by atoms with van der Waals surface area (Å²) in [5.41, 5.74) is -0.853. The quantitative estimate of drug-likeness (QED) is 0.595. The minimum absolute atomic E-state index is 0.376. The van der Waals surface area contributed by atoms with E-state index in [9.17, 15) is 8.96 Å². The van der Waals surface area contributed by atoms with Crippen LogP contribution < -0.4 is 5.32 Å². The third-order valence-corrected chi connectivity index (χ3v) is 5.92. The Kier molecular flexibility index (Phi) is 6.46. The summed E-state index contributed by atoms with van der Waals surface area (Å²) < 4.78 is 39.4. The molecule has 2 rings (SSSR count). The van der Waals surface area contributed by atoms with Crippen LogP contribution in [0.4, 0.5) is 10.2 Å². The van der Waals surface area contributed by atoms with E-state index in [1.807, 2.05) is 47.6 Å². The number of halogens is 1. The van der Waals surface area contributed by atoms with Crippen molar-refractivity contribution in [3.8, 4) is 0 Å². The number of rotatable bonds is 6. The summed E-state index contributed by atoms with van der Waals surface area (Å²) in [6.07, 6.45) is 1.63. The van der Waals surface area contributed by atoms with Crippen LogP contribution in [0.1, 0.15) is 52.9 Å². The van der Waals surface area contributed by atoms with Crippen LogP contribution in [-0.4, -0.2) is 16.2 Å². The molecule has 0 aliphatic heterocycles. The minimum Gasteiger partial charge on any atom is -0.353 e. The third kappa shape index (κ3) is 6.73. The fourth-order valence-electron chi connectivity index (χ4n) is 2.47. The molecule has 0 saturated carbocycles. The van der Waals surface area contributed by atoms with Crippen molar-refractivity contribution in [1.29, 1.82) is 0 Å². The Morgan fingerprint density at radius 1 is 0.963 bits per heavy atom. The van der Waals surface area contributed by atoms with Gasteiger partial charge in [-0.15, -0.1) is 0 Å². The van der Waals surface area contributed by atoms with Crippen molar-refractivity contribution in [2.45, 2.75) is 58.5 Å². The Morgan fingerprint density at radius 2 is 1.52 bits per heavy atom. The van der Waals surface area contributed by atoms with Crippen molar-refractivity contribution in [3.63, 3.8) is 0 Å². The van der Waals surface area contributed by atoms with E-state index in [2.05, 4.69) is 10.3 Å². The lowest BCUT2D eigenvalue weighted by Gasteiger charge is -2.36. The number of nitrogens with zero attached hydrogens (tertiary/aromatic N) is 1. The molecule has 5 nitrogen and oxygen atoms in total. The summed E-state index contributed by atoms with van der Waals surface area (Å²) in [4.78, 5) is 4.25. The first-order chi connectivity index (χ1) is 12.4. The fraction of sp³-hybridized carbons (Fsp3) is 0.450. The Balaban J connectivity index is 2.54. The predicted molar refractivity (Wildman–Crippen MR) is 106 cm³/mol. The highest BCUT2D eigenvalue weighted by atomic mass is 31.2. The average molecular weight is 394 g/mol. The topological polar surface area (TPSA) is 60.5 Å². The van der Waals surface area contributed by atoms with Crippen LogP contribution in [0.2, 0.25) is 0 Å². The maximum absolute atomic E-state index is 14.0. The Hall–Kier alpha value is -1.75. The van der Waals surface area contributed by atoms with Crippen molar-refractivity contribution in [3.05, 3.63) is 60.0 Å². The molecule has 27 heavy (non-hydrogen) atoms. The van der Waals surface area contributed by atoms with Gasteiger partial charge in [0.2, 0.25) is 0 Å². The standard InChI is InChI=1S/C20H28FN2O3P/c1-19(2,3)25-27(24,26-20(4,5)6)18(15-10-12-16(21)13-11-15)23-17-9-7-8-14-22-17/h7-14,18H,1-6H3,(H,22,23)/t18-/m1/s1. The number of benzene rings is 1. The van der Waals surface area contributed by atoms with E-state index in [1.165, 1.54) is 12.1 Å². The van der Waals surface area contributed by atoms with E-state index in [1.54, 1.807) is 30.5 Å². The van der Waals surface area contributed by atoms with Gasteiger partial charge in [-0.05, 0) is 71.4 Å². The molecule has 0 bridgehead atoms. The molecule has 1 aromatic carbocycles. The monoisotopic (exact) mass is 394 g/mol. The number of hydrogen-bond donors (Lipinski definition) is 1. The van der Waals surface area contributed by atoms with E-state index < -0.39 is 24.6 Å². The first-order valence-corrected chi connectivity index (χ1v) is 10.4. The van der Waals surface area contributed by atoms with E-state index >= 15 is 0 Å². The highest BCUT2D eigenvalue weighted by Gasteiger charge is 2.44. The van der Waals surface area contributed by atoms with Crippen molar-refractivity contribution < 1.29 is 18.0 Å². The second-order valence-electron chi connectivity index (χ2n) is 8.26. The molecular weight excluding hydrogens is 366 g/mol. The SMILES string of the molecule is CC(C)(C)OP(=O)(OC(C)(C)C)[C@@H](Nc1ccccn1)c1ccc(F)cc1. The second kappa shape index (κ2) is 8.09. The van der Waals surface area contributed by atoms with Gasteiger partial charge in [-0.25, -0.2) is 9.37 Å². The molecule has 0 unspecified atom stereocenters. The van der Waals surface area contributed by atoms with E-state index in [0.29, 0.717) is 11.4 Å². The largest absolute Gasteiger partial charge is 0.358 e. The van der Waals surface area contributed by atoms with Crippen LogP contribution >= 0.6 is 7.60 Å². The smallest absolute Gasteiger partial charge is 0.353 e. The second-order valence-corrected chi connectivity index (χ2v) is 10.2. The van der Waals surface area contributed by atoms with Gasteiger partial charge in [0.25, 0.3) is 0 Å². The van der Waals surface area contributed by atoms with Gasteiger partial charge >= 0.3 is 7.60 Å². The summed E-state index contributed by atoms with van der Waals surface area (Å²) in [6.45, 7) is 10.9. The molecule has 7 heteroatoms. The Labute approximate surface area is 160 Å². The number of hydrogen-bond acceptors (Lipinski definition) is 5. The lowest BCUT2D eigenvalue weighted by molar-refractivity contribution is 0.0460. The molecule has 1 aromatic heterocycles. The van der Waals surface area contributed by atoms with Crippen molar-refractivity contribution >= 4 is 13.4 Å². The molecule has 148 valence electrons. The fourth-order valence-corrected chi connectivity index (χ4v) is 5.07. The molecule has 0 radical (unpaired) electrons. The molecular formula is C20H28FN2O3P. The summed E-state index contributed by atoms with van der Waals surface area (Å²) in [7, 11) is -3.75. The van der Waals surface area contributed by atoms with Gasteiger partial charge in [-0.1, -0.05) is 18.2 Å². The van der Waals surface area contributed by atoms with Crippen LogP contribution in [0.3, 0.4) is 0 Å². The number of nitrogens with one attached hydrogen (secondary N) is 1. The molecule has 0 spiro atoms. The molecule has 1 heterocycles. The summed E-state index contributed by atoms with van der Waals surface area (Å²) >= 11 is 0. The highest BCUT2D eigenvalue weighted by molar-refractivity contribution is 7.54. The maximum Gasteiger partial charge on any atom is 0.358 e. The van der Waals surface area contributed by atoms with Crippen LogP contribution in [0.25, 0.3) is 0 Å². The lowest BCUT2D eigenvalue weighted by Crippen LogP contribution is -2.28. The number of aromatic nitrogens is 1. The van der Waals surface area contributed by atoms with Crippen LogP contribution in [0.15, 0.2) is 48.7 Å². The summed E-state index contributed by atoms with van der Waals surface area (Å²) in [6, 6.07) is 11.1. The number of anilines is 1. The van der Waals surface area contributed by atoms with Crippen LogP contribution in [0, 0.1) is 5.82 Å².